The van der Waals surface area contributed by atoms with Crippen molar-refractivity contribution in [2.24, 2.45) is 29.6 Å². The Bertz CT molecular complexity index is 430. The zero-order valence-corrected chi connectivity index (χ0v) is 17.0. The fraction of sp³-hybridized carbons (Fsp3) is 0.913. The van der Waals surface area contributed by atoms with Gasteiger partial charge in [0.1, 0.15) is 0 Å². The summed E-state index contributed by atoms with van der Waals surface area (Å²) >= 11 is 0. The first-order valence-corrected chi connectivity index (χ1v) is 11.3. The van der Waals surface area contributed by atoms with Crippen LogP contribution in [-0.4, -0.2) is 25.9 Å². The molecule has 2 saturated carbocycles. The van der Waals surface area contributed by atoms with E-state index in [-0.39, 0.29) is 18.6 Å². The smallest absolute Gasteiger partial charge is 0.239 e. The second-order valence-corrected chi connectivity index (χ2v) is 9.13. The lowest BCUT2D eigenvalue weighted by atomic mass is 9.68. The number of rotatable bonds is 7. The Morgan fingerprint density at radius 3 is 1.93 bits per heavy atom. The lowest BCUT2D eigenvalue weighted by Gasteiger charge is -2.41. The maximum atomic E-state index is 12.5. The monoisotopic (exact) mass is 384 g/mol. The molecule has 0 amide bonds. The van der Waals surface area contributed by atoms with E-state index in [2.05, 4.69) is 19.1 Å². The Kier molecular flexibility index (Phi) is 8.57. The van der Waals surface area contributed by atoms with Gasteiger partial charge in [0.25, 0.3) is 0 Å². The van der Waals surface area contributed by atoms with Crippen molar-refractivity contribution >= 4 is 0 Å². The van der Waals surface area contributed by atoms with E-state index in [1.807, 2.05) is 0 Å². The van der Waals surface area contributed by atoms with Gasteiger partial charge in [-0.3, -0.25) is 0 Å². The van der Waals surface area contributed by atoms with Crippen LogP contribution in [-0.2, 0) is 9.47 Å². The number of hydrogen-bond donors (Lipinski definition) is 0. The molecule has 0 N–H and O–H groups in total. The third-order valence-electron chi connectivity index (χ3n) is 7.24. The Balaban J connectivity index is 1.33. The molecule has 1 saturated heterocycles. The fourth-order valence-corrected chi connectivity index (χ4v) is 5.55. The van der Waals surface area contributed by atoms with Gasteiger partial charge in [-0.2, -0.15) is 0 Å². The molecule has 0 aromatic heterocycles. The summed E-state index contributed by atoms with van der Waals surface area (Å²) in [7, 11) is 0. The van der Waals surface area contributed by atoms with Gasteiger partial charge in [0.2, 0.25) is 6.43 Å². The lowest BCUT2D eigenvalue weighted by molar-refractivity contribution is -0.233. The zero-order chi connectivity index (χ0) is 19.1. The summed E-state index contributed by atoms with van der Waals surface area (Å²) < 4.78 is 36.6. The summed E-state index contributed by atoms with van der Waals surface area (Å²) in [5.41, 5.74) is 0. The van der Waals surface area contributed by atoms with Crippen LogP contribution >= 0.6 is 0 Å². The van der Waals surface area contributed by atoms with E-state index in [1.54, 1.807) is 0 Å². The first-order valence-electron chi connectivity index (χ1n) is 11.3. The Labute approximate surface area is 164 Å². The highest BCUT2D eigenvalue weighted by Crippen LogP contribution is 2.43. The maximum absolute atomic E-state index is 12.5. The van der Waals surface area contributed by atoms with Gasteiger partial charge < -0.3 is 9.47 Å². The van der Waals surface area contributed by atoms with Crippen LogP contribution in [0.25, 0.3) is 0 Å². The van der Waals surface area contributed by atoms with Crippen LogP contribution in [0, 0.1) is 29.6 Å². The third-order valence-corrected chi connectivity index (χ3v) is 7.24. The molecular formula is C23H38F2O2. The molecule has 0 atom stereocenters. The minimum Gasteiger partial charge on any atom is -0.352 e. The molecule has 4 heteroatoms. The van der Waals surface area contributed by atoms with Crippen molar-refractivity contribution in [3.05, 3.63) is 12.2 Å². The van der Waals surface area contributed by atoms with Crippen LogP contribution in [0.2, 0.25) is 0 Å². The molecule has 1 aliphatic heterocycles. The summed E-state index contributed by atoms with van der Waals surface area (Å²) in [5.74, 6) is 3.07. The summed E-state index contributed by atoms with van der Waals surface area (Å²) in [5, 5.41) is 0. The van der Waals surface area contributed by atoms with Crippen LogP contribution < -0.4 is 0 Å². The average molecular weight is 385 g/mol. The fourth-order valence-electron chi connectivity index (χ4n) is 5.55. The molecule has 0 aromatic rings. The standard InChI is InChI=1S/C23H38F2O2/c1-2-3-4-5-17-6-8-19(9-7-17)20-10-12-21(13-11-20)23-26-15-18(16-27-23)14-22(24)25/h2-3,17-23H,4-16H2,1H3/b3-2+. The summed E-state index contributed by atoms with van der Waals surface area (Å²) in [6, 6.07) is 0. The third kappa shape index (κ3) is 6.52. The molecule has 0 radical (unpaired) electrons. The van der Waals surface area contributed by atoms with E-state index < -0.39 is 6.43 Å². The summed E-state index contributed by atoms with van der Waals surface area (Å²) in [6.45, 7) is 2.98. The Morgan fingerprint density at radius 1 is 0.815 bits per heavy atom. The first kappa shape index (κ1) is 21.2. The predicted molar refractivity (Wildman–Crippen MR) is 105 cm³/mol. The van der Waals surface area contributed by atoms with Gasteiger partial charge in [-0.05, 0) is 76.0 Å². The number of hydrogen-bond acceptors (Lipinski definition) is 2. The first-order chi connectivity index (χ1) is 13.2. The molecule has 0 bridgehead atoms. The van der Waals surface area contributed by atoms with Crippen molar-refractivity contribution < 1.29 is 18.3 Å². The summed E-state index contributed by atoms with van der Waals surface area (Å²) in [4.78, 5) is 0. The maximum Gasteiger partial charge on any atom is 0.239 e. The average Bonchev–Trinajstić information content (AvgIpc) is 2.69. The van der Waals surface area contributed by atoms with Gasteiger partial charge >= 0.3 is 0 Å². The van der Waals surface area contributed by atoms with Crippen LogP contribution in [0.15, 0.2) is 12.2 Å². The Hall–Kier alpha value is -0.480. The number of ether oxygens (including phenoxy) is 2. The lowest BCUT2D eigenvalue weighted by Crippen LogP contribution is -2.39. The van der Waals surface area contributed by atoms with Gasteiger partial charge in [-0.25, -0.2) is 8.78 Å². The largest absolute Gasteiger partial charge is 0.352 e. The van der Waals surface area contributed by atoms with E-state index in [9.17, 15) is 8.78 Å². The predicted octanol–water partition coefficient (Wildman–Crippen LogP) is 6.60. The topological polar surface area (TPSA) is 18.5 Å². The Morgan fingerprint density at radius 2 is 1.37 bits per heavy atom. The molecular weight excluding hydrogens is 346 g/mol. The van der Waals surface area contributed by atoms with E-state index in [0.717, 1.165) is 17.8 Å². The second kappa shape index (κ2) is 10.9. The van der Waals surface area contributed by atoms with Gasteiger partial charge in [-0.1, -0.05) is 25.0 Å². The van der Waals surface area contributed by atoms with E-state index >= 15 is 0 Å². The summed E-state index contributed by atoms with van der Waals surface area (Å²) in [6.07, 6.45) is 15.2. The van der Waals surface area contributed by atoms with Crippen molar-refractivity contribution in [2.45, 2.75) is 90.3 Å². The van der Waals surface area contributed by atoms with Gasteiger partial charge in [0, 0.05) is 18.3 Å². The molecule has 3 aliphatic rings. The molecule has 3 fully saturated rings. The van der Waals surface area contributed by atoms with Crippen molar-refractivity contribution in [1.82, 2.24) is 0 Å². The van der Waals surface area contributed by atoms with Crippen molar-refractivity contribution in [3.8, 4) is 0 Å². The normalized spacial score (nSPS) is 38.5. The number of halogens is 2. The molecule has 3 rings (SSSR count). The quantitative estimate of drug-likeness (QED) is 0.460. The molecule has 0 unspecified atom stereocenters. The molecule has 156 valence electrons. The molecule has 1 heterocycles. The SMILES string of the molecule is C/C=C/CCC1CCC(C2CCC(C3OCC(CC(F)F)CO3)CC2)CC1. The zero-order valence-electron chi connectivity index (χ0n) is 17.0. The van der Waals surface area contributed by atoms with Gasteiger partial charge in [0.05, 0.1) is 13.2 Å². The molecule has 0 spiro atoms. The van der Waals surface area contributed by atoms with Crippen LogP contribution in [0.4, 0.5) is 8.78 Å². The van der Waals surface area contributed by atoms with Crippen molar-refractivity contribution in [2.75, 3.05) is 13.2 Å². The van der Waals surface area contributed by atoms with Crippen molar-refractivity contribution in [3.63, 3.8) is 0 Å². The molecule has 27 heavy (non-hydrogen) atoms. The van der Waals surface area contributed by atoms with Crippen LogP contribution in [0.1, 0.15) is 77.6 Å². The van der Waals surface area contributed by atoms with Gasteiger partial charge in [-0.15, -0.1) is 0 Å². The van der Waals surface area contributed by atoms with Crippen molar-refractivity contribution in [1.29, 1.82) is 0 Å². The van der Waals surface area contributed by atoms with Crippen LogP contribution in [0.5, 0.6) is 0 Å². The highest BCUT2D eigenvalue weighted by molar-refractivity contribution is 4.85. The van der Waals surface area contributed by atoms with E-state index in [0.29, 0.717) is 19.1 Å². The minimum absolute atomic E-state index is 0.100. The molecule has 2 aliphatic carbocycles. The molecule has 2 nitrogen and oxygen atoms in total. The highest BCUT2D eigenvalue weighted by atomic mass is 19.3. The van der Waals surface area contributed by atoms with Crippen LogP contribution in [0.3, 0.4) is 0 Å². The number of alkyl halides is 2. The van der Waals surface area contributed by atoms with E-state index in [4.69, 9.17) is 9.47 Å². The van der Waals surface area contributed by atoms with Gasteiger partial charge in [0.15, 0.2) is 6.29 Å². The van der Waals surface area contributed by atoms with E-state index in [1.165, 1.54) is 64.2 Å². The molecule has 0 aromatic carbocycles. The number of allylic oxidation sites excluding steroid dienone is 2. The minimum atomic E-state index is -2.26. The highest BCUT2D eigenvalue weighted by Gasteiger charge is 2.36. The second-order valence-electron chi connectivity index (χ2n) is 9.13.